The zero-order valence-corrected chi connectivity index (χ0v) is 13.6. The van der Waals surface area contributed by atoms with Crippen molar-refractivity contribution in [3.05, 3.63) is 34.9 Å². The van der Waals surface area contributed by atoms with Gasteiger partial charge in [-0.15, -0.1) is 0 Å². The SMILES string of the molecule is Cc1cc(C)n(Cc2cc(C(=O)NCC3CCCCO3)n[nH]2)n1. The largest absolute Gasteiger partial charge is 0.376 e. The number of hydrogen-bond donors (Lipinski definition) is 2. The van der Waals surface area contributed by atoms with E-state index in [1.54, 1.807) is 6.07 Å². The maximum atomic E-state index is 12.2. The summed E-state index contributed by atoms with van der Waals surface area (Å²) in [4.78, 5) is 12.2. The Morgan fingerprint density at radius 1 is 1.43 bits per heavy atom. The maximum Gasteiger partial charge on any atom is 0.271 e. The molecule has 1 amide bonds. The van der Waals surface area contributed by atoms with Gasteiger partial charge >= 0.3 is 0 Å². The first kappa shape index (κ1) is 15.7. The second-order valence-corrected chi connectivity index (χ2v) is 6.06. The van der Waals surface area contributed by atoms with Crippen LogP contribution in [0.5, 0.6) is 0 Å². The molecule has 0 spiro atoms. The number of nitrogens with zero attached hydrogens (tertiary/aromatic N) is 3. The Morgan fingerprint density at radius 2 is 2.30 bits per heavy atom. The van der Waals surface area contributed by atoms with Crippen molar-refractivity contribution in [3.8, 4) is 0 Å². The van der Waals surface area contributed by atoms with Crippen LogP contribution in [-0.2, 0) is 11.3 Å². The van der Waals surface area contributed by atoms with E-state index in [2.05, 4.69) is 20.6 Å². The molecule has 124 valence electrons. The molecule has 0 aliphatic carbocycles. The van der Waals surface area contributed by atoms with E-state index in [-0.39, 0.29) is 12.0 Å². The van der Waals surface area contributed by atoms with Crippen molar-refractivity contribution in [2.75, 3.05) is 13.2 Å². The Kier molecular flexibility index (Phi) is 4.76. The highest BCUT2D eigenvalue weighted by molar-refractivity contribution is 5.92. The van der Waals surface area contributed by atoms with Crippen LogP contribution in [0.2, 0.25) is 0 Å². The monoisotopic (exact) mass is 317 g/mol. The van der Waals surface area contributed by atoms with Crippen molar-refractivity contribution >= 4 is 5.91 Å². The third-order valence-corrected chi connectivity index (χ3v) is 4.05. The number of amides is 1. The normalized spacial score (nSPS) is 18.1. The zero-order valence-electron chi connectivity index (χ0n) is 13.6. The number of aromatic amines is 1. The van der Waals surface area contributed by atoms with Crippen molar-refractivity contribution in [2.45, 2.75) is 45.8 Å². The molecule has 1 fully saturated rings. The van der Waals surface area contributed by atoms with Crippen molar-refractivity contribution in [1.82, 2.24) is 25.3 Å². The van der Waals surface area contributed by atoms with Gasteiger partial charge in [0.25, 0.3) is 5.91 Å². The summed E-state index contributed by atoms with van der Waals surface area (Å²) in [5.41, 5.74) is 3.32. The quantitative estimate of drug-likeness (QED) is 0.876. The van der Waals surface area contributed by atoms with Gasteiger partial charge in [0.05, 0.1) is 24.0 Å². The highest BCUT2D eigenvalue weighted by atomic mass is 16.5. The predicted molar refractivity (Wildman–Crippen MR) is 85.3 cm³/mol. The molecule has 0 saturated carbocycles. The van der Waals surface area contributed by atoms with Gasteiger partial charge in [0.2, 0.25) is 0 Å². The van der Waals surface area contributed by atoms with Gasteiger partial charge in [-0.3, -0.25) is 14.6 Å². The van der Waals surface area contributed by atoms with E-state index in [1.807, 2.05) is 24.6 Å². The molecule has 0 aromatic carbocycles. The van der Waals surface area contributed by atoms with E-state index in [0.29, 0.717) is 18.8 Å². The third-order valence-electron chi connectivity index (χ3n) is 4.05. The summed E-state index contributed by atoms with van der Waals surface area (Å²) in [6.45, 7) is 5.87. The fourth-order valence-electron chi connectivity index (χ4n) is 2.82. The molecule has 1 atom stereocenters. The molecular weight excluding hydrogens is 294 g/mol. The highest BCUT2D eigenvalue weighted by Gasteiger charge is 2.17. The Morgan fingerprint density at radius 3 is 3.00 bits per heavy atom. The highest BCUT2D eigenvalue weighted by Crippen LogP contribution is 2.12. The van der Waals surface area contributed by atoms with Crippen molar-refractivity contribution in [3.63, 3.8) is 0 Å². The number of carbonyl (C=O) groups excluding carboxylic acids is 1. The number of aryl methyl sites for hydroxylation is 2. The van der Waals surface area contributed by atoms with Crippen molar-refractivity contribution in [1.29, 1.82) is 0 Å². The Hall–Kier alpha value is -2.15. The van der Waals surface area contributed by atoms with Gasteiger partial charge in [-0.2, -0.15) is 10.2 Å². The first-order valence-electron chi connectivity index (χ1n) is 8.07. The lowest BCUT2D eigenvalue weighted by Crippen LogP contribution is -2.35. The number of H-pyrrole nitrogens is 1. The van der Waals surface area contributed by atoms with Crippen LogP contribution in [0.15, 0.2) is 12.1 Å². The molecule has 0 bridgehead atoms. The van der Waals surface area contributed by atoms with Gasteiger partial charge in [-0.25, -0.2) is 0 Å². The van der Waals surface area contributed by atoms with Crippen LogP contribution < -0.4 is 5.32 Å². The summed E-state index contributed by atoms with van der Waals surface area (Å²) in [5, 5.41) is 14.3. The number of aromatic nitrogens is 4. The van der Waals surface area contributed by atoms with Crippen LogP contribution in [0, 0.1) is 13.8 Å². The van der Waals surface area contributed by atoms with Crippen LogP contribution in [0.4, 0.5) is 0 Å². The van der Waals surface area contributed by atoms with Crippen LogP contribution >= 0.6 is 0 Å². The Bertz CT molecular complexity index is 670. The van der Waals surface area contributed by atoms with Gasteiger partial charge in [-0.1, -0.05) is 0 Å². The van der Waals surface area contributed by atoms with Gasteiger partial charge in [0.15, 0.2) is 0 Å². The molecule has 1 saturated heterocycles. The van der Waals surface area contributed by atoms with Gasteiger partial charge in [-0.05, 0) is 45.2 Å². The van der Waals surface area contributed by atoms with Crippen LogP contribution in [0.1, 0.15) is 46.8 Å². The van der Waals surface area contributed by atoms with E-state index in [1.165, 1.54) is 0 Å². The molecule has 1 aliphatic heterocycles. The molecule has 3 rings (SSSR count). The topological polar surface area (TPSA) is 84.8 Å². The molecule has 3 heterocycles. The lowest BCUT2D eigenvalue weighted by molar-refractivity contribution is 0.0168. The number of ether oxygens (including phenoxy) is 1. The van der Waals surface area contributed by atoms with Crippen LogP contribution in [0.3, 0.4) is 0 Å². The second-order valence-electron chi connectivity index (χ2n) is 6.06. The fourth-order valence-corrected chi connectivity index (χ4v) is 2.82. The van der Waals surface area contributed by atoms with Gasteiger partial charge < -0.3 is 10.1 Å². The molecule has 2 N–H and O–H groups in total. The summed E-state index contributed by atoms with van der Waals surface area (Å²) >= 11 is 0. The van der Waals surface area contributed by atoms with Gasteiger partial charge in [0, 0.05) is 18.8 Å². The van der Waals surface area contributed by atoms with Crippen LogP contribution in [0.25, 0.3) is 0 Å². The molecule has 1 unspecified atom stereocenters. The molecular formula is C16H23N5O2. The number of rotatable bonds is 5. The minimum atomic E-state index is -0.171. The van der Waals surface area contributed by atoms with E-state index in [4.69, 9.17) is 4.74 Å². The van der Waals surface area contributed by atoms with Gasteiger partial charge in [0.1, 0.15) is 5.69 Å². The van der Waals surface area contributed by atoms with Crippen molar-refractivity contribution in [2.24, 2.45) is 0 Å². The molecule has 2 aromatic rings. The fraction of sp³-hybridized carbons (Fsp3) is 0.562. The summed E-state index contributed by atoms with van der Waals surface area (Å²) < 4.78 is 7.50. The number of nitrogens with one attached hydrogen (secondary N) is 2. The molecule has 1 aliphatic rings. The maximum absolute atomic E-state index is 12.2. The Labute approximate surface area is 135 Å². The molecule has 2 aromatic heterocycles. The minimum absolute atomic E-state index is 0.126. The molecule has 0 radical (unpaired) electrons. The number of carbonyl (C=O) groups is 1. The zero-order chi connectivity index (χ0) is 16.2. The lowest BCUT2D eigenvalue weighted by atomic mass is 10.1. The molecule has 23 heavy (non-hydrogen) atoms. The summed E-state index contributed by atoms with van der Waals surface area (Å²) in [7, 11) is 0. The minimum Gasteiger partial charge on any atom is -0.376 e. The first-order valence-corrected chi connectivity index (χ1v) is 8.07. The Balaban J connectivity index is 1.55. The number of hydrogen-bond acceptors (Lipinski definition) is 4. The van der Waals surface area contributed by atoms with Crippen LogP contribution in [-0.4, -0.2) is 45.1 Å². The van der Waals surface area contributed by atoms with E-state index in [0.717, 1.165) is 43.0 Å². The first-order chi connectivity index (χ1) is 11.1. The van der Waals surface area contributed by atoms with E-state index in [9.17, 15) is 4.79 Å². The summed E-state index contributed by atoms with van der Waals surface area (Å²) in [6.07, 6.45) is 3.40. The second kappa shape index (κ2) is 6.95. The average molecular weight is 317 g/mol. The molecule has 7 nitrogen and oxygen atoms in total. The predicted octanol–water partition coefficient (Wildman–Crippen LogP) is 1.57. The average Bonchev–Trinajstić information content (AvgIpc) is 3.13. The molecule has 7 heteroatoms. The summed E-state index contributed by atoms with van der Waals surface area (Å²) in [5.74, 6) is -0.171. The lowest BCUT2D eigenvalue weighted by Gasteiger charge is -2.22. The summed E-state index contributed by atoms with van der Waals surface area (Å²) in [6, 6.07) is 3.79. The van der Waals surface area contributed by atoms with E-state index >= 15 is 0 Å². The van der Waals surface area contributed by atoms with Crippen molar-refractivity contribution < 1.29 is 9.53 Å². The standard InChI is InChI=1S/C16H23N5O2/c1-11-7-12(2)21(20-11)10-13-8-15(19-18-13)16(22)17-9-14-5-3-4-6-23-14/h7-8,14H,3-6,9-10H2,1-2H3,(H,17,22)(H,18,19). The van der Waals surface area contributed by atoms with E-state index < -0.39 is 0 Å². The third kappa shape index (κ3) is 3.98. The smallest absolute Gasteiger partial charge is 0.271 e.